The van der Waals surface area contributed by atoms with Crippen LogP contribution in [0.25, 0.3) is 0 Å². The molecule has 0 bridgehead atoms. The SMILES string of the molecule is O=C(Nc1ncccc1Cl)C1CCC2CCCCC2N1. The van der Waals surface area contributed by atoms with Crippen molar-refractivity contribution in [2.45, 2.75) is 50.6 Å². The fourth-order valence-corrected chi connectivity index (χ4v) is 3.55. The molecule has 1 aliphatic heterocycles. The van der Waals surface area contributed by atoms with E-state index in [0.29, 0.717) is 16.9 Å². The molecule has 3 atom stereocenters. The van der Waals surface area contributed by atoms with Crippen molar-refractivity contribution in [2.24, 2.45) is 5.92 Å². The van der Waals surface area contributed by atoms with Gasteiger partial charge in [-0.2, -0.15) is 0 Å². The molecule has 1 aromatic heterocycles. The fourth-order valence-electron chi connectivity index (χ4n) is 3.38. The minimum atomic E-state index is -0.118. The van der Waals surface area contributed by atoms with E-state index < -0.39 is 0 Å². The van der Waals surface area contributed by atoms with Crippen molar-refractivity contribution >= 4 is 23.3 Å². The Morgan fingerprint density at radius 1 is 1.30 bits per heavy atom. The second kappa shape index (κ2) is 6.10. The highest BCUT2D eigenvalue weighted by atomic mass is 35.5. The van der Waals surface area contributed by atoms with Gasteiger partial charge in [-0.25, -0.2) is 4.98 Å². The lowest BCUT2D eigenvalue weighted by molar-refractivity contribution is -0.119. The van der Waals surface area contributed by atoms with Gasteiger partial charge in [-0.1, -0.05) is 24.4 Å². The number of pyridine rings is 1. The third-order valence-electron chi connectivity index (χ3n) is 4.47. The van der Waals surface area contributed by atoms with Crippen LogP contribution in [0.4, 0.5) is 5.82 Å². The summed E-state index contributed by atoms with van der Waals surface area (Å²) in [5.41, 5.74) is 0. The number of nitrogens with one attached hydrogen (secondary N) is 2. The van der Waals surface area contributed by atoms with Crippen LogP contribution in [0.1, 0.15) is 38.5 Å². The Morgan fingerprint density at radius 3 is 3.00 bits per heavy atom. The number of hydrogen-bond donors (Lipinski definition) is 2. The zero-order valence-electron chi connectivity index (χ0n) is 11.4. The third-order valence-corrected chi connectivity index (χ3v) is 4.77. The maximum atomic E-state index is 12.3. The Balaban J connectivity index is 1.62. The van der Waals surface area contributed by atoms with Crippen molar-refractivity contribution in [3.05, 3.63) is 23.4 Å². The van der Waals surface area contributed by atoms with E-state index in [2.05, 4.69) is 15.6 Å². The number of amides is 1. The van der Waals surface area contributed by atoms with Crippen molar-refractivity contribution in [3.63, 3.8) is 0 Å². The van der Waals surface area contributed by atoms with E-state index in [1.54, 1.807) is 18.3 Å². The Bertz CT molecular complexity index is 494. The van der Waals surface area contributed by atoms with Gasteiger partial charge in [0.2, 0.25) is 5.91 Å². The summed E-state index contributed by atoms with van der Waals surface area (Å²) in [4.78, 5) is 16.4. The van der Waals surface area contributed by atoms with Gasteiger partial charge in [0.1, 0.15) is 0 Å². The van der Waals surface area contributed by atoms with Gasteiger partial charge in [-0.05, 0) is 43.7 Å². The quantitative estimate of drug-likeness (QED) is 0.881. The fraction of sp³-hybridized carbons (Fsp3) is 0.600. The number of aromatic nitrogens is 1. The van der Waals surface area contributed by atoms with Crippen LogP contribution in [-0.4, -0.2) is 23.0 Å². The number of halogens is 1. The first-order chi connectivity index (χ1) is 9.74. The zero-order valence-corrected chi connectivity index (χ0v) is 12.2. The summed E-state index contributed by atoms with van der Waals surface area (Å²) >= 11 is 6.02. The van der Waals surface area contributed by atoms with Crippen LogP contribution in [0.3, 0.4) is 0 Å². The lowest BCUT2D eigenvalue weighted by atomic mass is 9.77. The molecular weight excluding hydrogens is 274 g/mol. The van der Waals surface area contributed by atoms with Crippen LogP contribution < -0.4 is 10.6 Å². The largest absolute Gasteiger partial charge is 0.308 e. The van der Waals surface area contributed by atoms with Crippen LogP contribution in [0.15, 0.2) is 18.3 Å². The van der Waals surface area contributed by atoms with Gasteiger partial charge in [0.15, 0.2) is 5.82 Å². The van der Waals surface area contributed by atoms with Crippen molar-refractivity contribution in [1.82, 2.24) is 10.3 Å². The van der Waals surface area contributed by atoms with Crippen molar-refractivity contribution in [1.29, 1.82) is 0 Å². The second-order valence-electron chi connectivity index (χ2n) is 5.77. The van der Waals surface area contributed by atoms with E-state index >= 15 is 0 Å². The van der Waals surface area contributed by atoms with Crippen LogP contribution in [0.2, 0.25) is 5.02 Å². The van der Waals surface area contributed by atoms with Gasteiger partial charge in [-0.3, -0.25) is 4.79 Å². The number of carbonyl (C=O) groups is 1. The standard InChI is InChI=1S/C15H20ClN3O/c16-11-5-3-9-17-14(11)19-15(20)13-8-7-10-4-1-2-6-12(10)18-13/h3,5,9-10,12-13,18H,1-2,4,6-8H2,(H,17,19,20). The number of fused-ring (bicyclic) bond motifs is 1. The van der Waals surface area contributed by atoms with Gasteiger partial charge >= 0.3 is 0 Å². The topological polar surface area (TPSA) is 54.0 Å². The highest BCUT2D eigenvalue weighted by molar-refractivity contribution is 6.33. The smallest absolute Gasteiger partial charge is 0.242 e. The second-order valence-corrected chi connectivity index (χ2v) is 6.18. The molecule has 2 N–H and O–H groups in total. The minimum Gasteiger partial charge on any atom is -0.308 e. The molecule has 2 fully saturated rings. The number of anilines is 1. The van der Waals surface area contributed by atoms with Gasteiger partial charge in [0, 0.05) is 12.2 Å². The summed E-state index contributed by atoms with van der Waals surface area (Å²) < 4.78 is 0. The molecule has 1 aliphatic carbocycles. The molecule has 2 aliphatic rings. The van der Waals surface area contributed by atoms with Crippen LogP contribution in [0.5, 0.6) is 0 Å². The molecule has 4 nitrogen and oxygen atoms in total. The van der Waals surface area contributed by atoms with E-state index in [-0.39, 0.29) is 11.9 Å². The molecule has 108 valence electrons. The maximum Gasteiger partial charge on any atom is 0.242 e. The van der Waals surface area contributed by atoms with Crippen molar-refractivity contribution in [2.75, 3.05) is 5.32 Å². The molecule has 3 unspecified atom stereocenters. The molecule has 5 heteroatoms. The van der Waals surface area contributed by atoms with Crippen LogP contribution in [-0.2, 0) is 4.79 Å². The monoisotopic (exact) mass is 293 g/mol. The molecule has 0 spiro atoms. The molecule has 20 heavy (non-hydrogen) atoms. The number of piperidine rings is 1. The molecule has 1 saturated carbocycles. The molecular formula is C15H20ClN3O. The van der Waals surface area contributed by atoms with Crippen molar-refractivity contribution < 1.29 is 4.79 Å². The summed E-state index contributed by atoms with van der Waals surface area (Å²) in [5.74, 6) is 1.19. The molecule has 0 radical (unpaired) electrons. The van der Waals surface area contributed by atoms with Gasteiger partial charge < -0.3 is 10.6 Å². The number of hydrogen-bond acceptors (Lipinski definition) is 3. The molecule has 3 rings (SSSR count). The Kier molecular flexibility index (Phi) is 4.22. The van der Waals surface area contributed by atoms with E-state index in [4.69, 9.17) is 11.6 Å². The predicted octanol–water partition coefficient (Wildman–Crippen LogP) is 2.98. The minimum absolute atomic E-state index is 0.0189. The van der Waals surface area contributed by atoms with E-state index in [9.17, 15) is 4.79 Å². The highest BCUT2D eigenvalue weighted by Crippen LogP contribution is 2.32. The Hall–Kier alpha value is -1.13. The zero-order chi connectivity index (χ0) is 13.9. The molecule has 0 aromatic carbocycles. The Labute approximate surface area is 124 Å². The summed E-state index contributed by atoms with van der Waals surface area (Å²) in [6, 6.07) is 3.87. The number of rotatable bonds is 2. The average Bonchev–Trinajstić information content (AvgIpc) is 2.49. The predicted molar refractivity (Wildman–Crippen MR) is 79.8 cm³/mol. The lowest BCUT2D eigenvalue weighted by Gasteiger charge is -2.39. The third kappa shape index (κ3) is 2.96. The van der Waals surface area contributed by atoms with Crippen LogP contribution in [0, 0.1) is 5.92 Å². The van der Waals surface area contributed by atoms with Gasteiger partial charge in [0.25, 0.3) is 0 Å². The first-order valence-corrected chi connectivity index (χ1v) is 7.79. The Morgan fingerprint density at radius 2 is 2.15 bits per heavy atom. The van der Waals surface area contributed by atoms with E-state index in [0.717, 1.165) is 18.8 Å². The summed E-state index contributed by atoms with van der Waals surface area (Å²) in [6.45, 7) is 0. The first-order valence-electron chi connectivity index (χ1n) is 7.41. The van der Waals surface area contributed by atoms with Gasteiger partial charge in [-0.15, -0.1) is 0 Å². The molecule has 1 saturated heterocycles. The van der Waals surface area contributed by atoms with Crippen LogP contribution >= 0.6 is 11.6 Å². The number of carbonyl (C=O) groups excluding carboxylic acids is 1. The van der Waals surface area contributed by atoms with Crippen molar-refractivity contribution in [3.8, 4) is 0 Å². The maximum absolute atomic E-state index is 12.3. The lowest BCUT2D eigenvalue weighted by Crippen LogP contribution is -2.53. The van der Waals surface area contributed by atoms with E-state index in [1.165, 1.54) is 25.7 Å². The summed E-state index contributed by atoms with van der Waals surface area (Å²) in [6.07, 6.45) is 8.78. The highest BCUT2D eigenvalue weighted by Gasteiger charge is 2.34. The number of nitrogens with zero attached hydrogens (tertiary/aromatic N) is 1. The molecule has 1 amide bonds. The van der Waals surface area contributed by atoms with E-state index in [1.807, 2.05) is 0 Å². The summed E-state index contributed by atoms with van der Waals surface area (Å²) in [7, 11) is 0. The molecule has 2 heterocycles. The normalized spacial score (nSPS) is 29.6. The summed E-state index contributed by atoms with van der Waals surface area (Å²) in [5, 5.41) is 6.82. The van der Waals surface area contributed by atoms with Gasteiger partial charge in [0.05, 0.1) is 11.1 Å². The first kappa shape index (κ1) is 13.8. The average molecular weight is 294 g/mol. The molecule has 1 aromatic rings.